The second-order valence-electron chi connectivity index (χ2n) is 7.27. The SMILES string of the molecule is CC(=O)N1CCN(S(=O)(=O)c2cccc(C(=O)O[C@H](C)C(=O)NC3CC3)c2)CC1. The van der Waals surface area contributed by atoms with E-state index in [0.717, 1.165) is 12.8 Å². The lowest BCUT2D eigenvalue weighted by Gasteiger charge is -2.33. The van der Waals surface area contributed by atoms with Crippen LogP contribution in [0.4, 0.5) is 0 Å². The van der Waals surface area contributed by atoms with Crippen molar-refractivity contribution < 1.29 is 27.5 Å². The predicted molar refractivity (Wildman–Crippen MR) is 103 cm³/mol. The van der Waals surface area contributed by atoms with E-state index in [4.69, 9.17) is 4.74 Å². The molecule has 0 unspecified atom stereocenters. The minimum absolute atomic E-state index is 0.0293. The van der Waals surface area contributed by atoms with E-state index >= 15 is 0 Å². The van der Waals surface area contributed by atoms with E-state index in [1.165, 1.54) is 42.4 Å². The molecule has 0 bridgehead atoms. The Bertz CT molecular complexity index is 904. The molecule has 2 fully saturated rings. The Hall–Kier alpha value is -2.46. The maximum atomic E-state index is 12.9. The third-order valence-corrected chi connectivity index (χ3v) is 6.86. The van der Waals surface area contributed by atoms with Gasteiger partial charge in [0.1, 0.15) is 0 Å². The molecule has 2 amide bonds. The Balaban J connectivity index is 1.67. The molecule has 0 spiro atoms. The number of ether oxygens (including phenoxy) is 1. The summed E-state index contributed by atoms with van der Waals surface area (Å²) in [4.78, 5) is 37.3. The zero-order chi connectivity index (χ0) is 21.2. The van der Waals surface area contributed by atoms with Gasteiger partial charge in [0.15, 0.2) is 6.10 Å². The lowest BCUT2D eigenvalue weighted by molar-refractivity contribution is -0.130. The fraction of sp³-hybridized carbons (Fsp3) is 0.526. The Morgan fingerprint density at radius 1 is 1.14 bits per heavy atom. The average molecular weight is 423 g/mol. The zero-order valence-corrected chi connectivity index (χ0v) is 17.3. The molecule has 10 heteroatoms. The van der Waals surface area contributed by atoms with Crippen molar-refractivity contribution in [1.82, 2.24) is 14.5 Å². The summed E-state index contributed by atoms with van der Waals surface area (Å²) < 4.78 is 32.3. The fourth-order valence-corrected chi connectivity index (χ4v) is 4.47. The second-order valence-corrected chi connectivity index (χ2v) is 9.21. The molecule has 1 aliphatic heterocycles. The molecule has 9 nitrogen and oxygen atoms in total. The summed E-state index contributed by atoms with van der Waals surface area (Å²) in [5.74, 6) is -1.22. The van der Waals surface area contributed by atoms with Crippen LogP contribution in [-0.4, -0.2) is 73.7 Å². The van der Waals surface area contributed by atoms with Crippen LogP contribution in [0.25, 0.3) is 0 Å². The Labute approximate surface area is 170 Å². The number of carbonyl (C=O) groups is 3. The summed E-state index contributed by atoms with van der Waals surface area (Å²) in [6.45, 7) is 3.95. The highest BCUT2D eigenvalue weighted by atomic mass is 32.2. The number of nitrogens with one attached hydrogen (secondary N) is 1. The summed E-state index contributed by atoms with van der Waals surface area (Å²) in [5.41, 5.74) is 0.0551. The zero-order valence-electron chi connectivity index (χ0n) is 16.5. The van der Waals surface area contributed by atoms with Gasteiger partial charge in [0.05, 0.1) is 10.5 Å². The second kappa shape index (κ2) is 8.50. The van der Waals surface area contributed by atoms with Crippen LogP contribution < -0.4 is 5.32 Å². The molecular weight excluding hydrogens is 398 g/mol. The predicted octanol–water partition coefficient (Wildman–Crippen LogP) is 0.363. The Kier molecular flexibility index (Phi) is 6.23. The van der Waals surface area contributed by atoms with Gasteiger partial charge in [0, 0.05) is 39.1 Å². The van der Waals surface area contributed by atoms with Crippen LogP contribution in [0.5, 0.6) is 0 Å². The number of nitrogens with zero attached hydrogens (tertiary/aromatic N) is 2. The highest BCUT2D eigenvalue weighted by Crippen LogP contribution is 2.21. The minimum Gasteiger partial charge on any atom is -0.449 e. The van der Waals surface area contributed by atoms with Crippen molar-refractivity contribution in [3.05, 3.63) is 29.8 Å². The normalized spacial score (nSPS) is 18.8. The molecule has 29 heavy (non-hydrogen) atoms. The van der Waals surface area contributed by atoms with Gasteiger partial charge in [-0.15, -0.1) is 0 Å². The smallest absolute Gasteiger partial charge is 0.338 e. The summed E-state index contributed by atoms with van der Waals surface area (Å²) in [6, 6.07) is 5.72. The molecule has 158 valence electrons. The molecule has 1 N–H and O–H groups in total. The monoisotopic (exact) mass is 423 g/mol. The van der Waals surface area contributed by atoms with Gasteiger partial charge in [0.25, 0.3) is 5.91 Å². The van der Waals surface area contributed by atoms with Gasteiger partial charge < -0.3 is 15.0 Å². The van der Waals surface area contributed by atoms with Crippen LogP contribution in [0.2, 0.25) is 0 Å². The Morgan fingerprint density at radius 3 is 2.38 bits per heavy atom. The van der Waals surface area contributed by atoms with Crippen molar-refractivity contribution in [2.45, 2.75) is 43.7 Å². The minimum atomic E-state index is -3.81. The first-order valence-corrected chi connectivity index (χ1v) is 11.0. The highest BCUT2D eigenvalue weighted by Gasteiger charge is 2.30. The standard InChI is InChI=1S/C19H25N3O6S/c1-13(18(24)20-16-6-7-16)28-19(25)15-4-3-5-17(12-15)29(26,27)22-10-8-21(9-11-22)14(2)23/h3-5,12-13,16H,6-11H2,1-2H3,(H,20,24)/t13-/m1/s1. The number of esters is 1. The first-order valence-electron chi connectivity index (χ1n) is 9.55. The van der Waals surface area contributed by atoms with E-state index in [1.807, 2.05) is 0 Å². The van der Waals surface area contributed by atoms with Crippen LogP contribution in [0.3, 0.4) is 0 Å². The molecule has 1 atom stereocenters. The van der Waals surface area contributed by atoms with Crippen LogP contribution in [0, 0.1) is 0 Å². The highest BCUT2D eigenvalue weighted by molar-refractivity contribution is 7.89. The summed E-state index contributed by atoms with van der Waals surface area (Å²) in [7, 11) is -3.81. The van der Waals surface area contributed by atoms with Crippen molar-refractivity contribution in [3.63, 3.8) is 0 Å². The number of sulfonamides is 1. The molecule has 2 aliphatic rings. The van der Waals surface area contributed by atoms with E-state index in [0.29, 0.717) is 13.1 Å². The van der Waals surface area contributed by atoms with Gasteiger partial charge in [-0.05, 0) is 38.0 Å². The molecule has 1 aliphatic carbocycles. The third-order valence-electron chi connectivity index (χ3n) is 4.97. The van der Waals surface area contributed by atoms with Crippen molar-refractivity contribution in [2.75, 3.05) is 26.2 Å². The number of hydrogen-bond donors (Lipinski definition) is 1. The van der Waals surface area contributed by atoms with E-state index in [2.05, 4.69) is 5.32 Å². The van der Waals surface area contributed by atoms with Gasteiger partial charge in [-0.3, -0.25) is 9.59 Å². The van der Waals surface area contributed by atoms with Crippen LogP contribution in [-0.2, 0) is 24.3 Å². The molecule has 3 rings (SSSR count). The van der Waals surface area contributed by atoms with Crippen molar-refractivity contribution >= 4 is 27.8 Å². The lowest BCUT2D eigenvalue weighted by Crippen LogP contribution is -2.49. The van der Waals surface area contributed by atoms with Gasteiger partial charge >= 0.3 is 5.97 Å². The number of hydrogen-bond acceptors (Lipinski definition) is 6. The number of carbonyl (C=O) groups excluding carboxylic acids is 3. The van der Waals surface area contributed by atoms with E-state index < -0.39 is 22.1 Å². The van der Waals surface area contributed by atoms with Gasteiger partial charge in [0.2, 0.25) is 15.9 Å². The molecule has 1 saturated heterocycles. The molecule has 1 heterocycles. The van der Waals surface area contributed by atoms with Crippen LogP contribution in [0.15, 0.2) is 29.2 Å². The average Bonchev–Trinajstić information content (AvgIpc) is 3.52. The van der Waals surface area contributed by atoms with E-state index in [1.54, 1.807) is 4.90 Å². The number of rotatable bonds is 6. The van der Waals surface area contributed by atoms with Crippen LogP contribution in [0.1, 0.15) is 37.0 Å². The van der Waals surface area contributed by atoms with E-state index in [-0.39, 0.29) is 41.4 Å². The van der Waals surface area contributed by atoms with Gasteiger partial charge in [-0.1, -0.05) is 6.07 Å². The molecular formula is C19H25N3O6S. The van der Waals surface area contributed by atoms with E-state index in [9.17, 15) is 22.8 Å². The van der Waals surface area contributed by atoms with Gasteiger partial charge in [-0.2, -0.15) is 4.31 Å². The number of benzene rings is 1. The molecule has 1 aromatic carbocycles. The molecule has 1 aromatic rings. The molecule has 0 radical (unpaired) electrons. The molecule has 0 aromatic heterocycles. The number of piperazine rings is 1. The van der Waals surface area contributed by atoms with Crippen molar-refractivity contribution in [1.29, 1.82) is 0 Å². The molecule has 1 saturated carbocycles. The number of amides is 2. The van der Waals surface area contributed by atoms with Gasteiger partial charge in [-0.25, -0.2) is 13.2 Å². The largest absolute Gasteiger partial charge is 0.449 e. The summed E-state index contributed by atoms with van der Waals surface area (Å²) in [5, 5.41) is 2.75. The lowest BCUT2D eigenvalue weighted by atomic mass is 10.2. The maximum Gasteiger partial charge on any atom is 0.338 e. The third kappa shape index (κ3) is 5.13. The maximum absolute atomic E-state index is 12.9. The van der Waals surface area contributed by atoms with Crippen LogP contribution >= 0.6 is 0 Å². The first kappa shape index (κ1) is 21.3. The quantitative estimate of drug-likeness (QED) is 0.661. The topological polar surface area (TPSA) is 113 Å². The Morgan fingerprint density at radius 2 is 1.79 bits per heavy atom. The van der Waals surface area contributed by atoms with Crippen molar-refractivity contribution in [2.24, 2.45) is 0 Å². The van der Waals surface area contributed by atoms with Crippen molar-refractivity contribution in [3.8, 4) is 0 Å². The summed E-state index contributed by atoms with van der Waals surface area (Å²) in [6.07, 6.45) is 0.878. The summed E-state index contributed by atoms with van der Waals surface area (Å²) >= 11 is 0. The fourth-order valence-electron chi connectivity index (χ4n) is 3.00. The first-order chi connectivity index (χ1) is 13.7.